The lowest BCUT2D eigenvalue weighted by molar-refractivity contribution is 0.234. The van der Waals surface area contributed by atoms with Gasteiger partial charge in [-0.25, -0.2) is 8.42 Å². The van der Waals surface area contributed by atoms with Gasteiger partial charge in [0.2, 0.25) is 0 Å². The van der Waals surface area contributed by atoms with Gasteiger partial charge in [0.25, 0.3) is 10.0 Å². The average Bonchev–Trinajstić information content (AvgIpc) is 3.10. The molecule has 0 aromatic carbocycles. The van der Waals surface area contributed by atoms with Crippen molar-refractivity contribution < 1.29 is 8.42 Å². The maximum atomic E-state index is 12.7. The largest absolute Gasteiger partial charge is 0.314 e. The monoisotopic (exact) mass is 392 g/mol. The second-order valence-electron chi connectivity index (χ2n) is 5.97. The van der Waals surface area contributed by atoms with Crippen LogP contribution in [0, 0.1) is 12.8 Å². The Morgan fingerprint density at radius 1 is 1.33 bits per heavy atom. The van der Waals surface area contributed by atoms with Crippen LogP contribution in [-0.4, -0.2) is 38.4 Å². The fraction of sp³-hybridized carbons (Fsp3) is 0.714. The maximum absolute atomic E-state index is 12.7. The summed E-state index contributed by atoms with van der Waals surface area (Å²) < 4.78 is 28.4. The zero-order chi connectivity index (χ0) is 15.0. The lowest BCUT2D eigenvalue weighted by Gasteiger charge is -2.33. The van der Waals surface area contributed by atoms with Crippen LogP contribution in [0.15, 0.2) is 14.1 Å². The Balaban J connectivity index is 1.68. The predicted octanol–water partition coefficient (Wildman–Crippen LogP) is 2.97. The Kier molecular flexibility index (Phi) is 4.76. The smallest absolute Gasteiger partial charge is 0.252 e. The highest BCUT2D eigenvalue weighted by molar-refractivity contribution is 9.11. The number of sulfonamides is 1. The molecule has 3 heterocycles. The summed E-state index contributed by atoms with van der Waals surface area (Å²) in [5.41, 5.74) is 0.989. The summed E-state index contributed by atoms with van der Waals surface area (Å²) in [7, 11) is -3.31. The summed E-state index contributed by atoms with van der Waals surface area (Å²) in [4.78, 5) is 0. The summed E-state index contributed by atoms with van der Waals surface area (Å²) in [6, 6.07) is 2.38. The van der Waals surface area contributed by atoms with Gasteiger partial charge >= 0.3 is 0 Å². The molecule has 2 aliphatic heterocycles. The van der Waals surface area contributed by atoms with Crippen molar-refractivity contribution in [3.05, 3.63) is 15.4 Å². The summed E-state index contributed by atoms with van der Waals surface area (Å²) in [6.45, 7) is 4.35. The van der Waals surface area contributed by atoms with E-state index in [1.54, 1.807) is 10.4 Å². The predicted molar refractivity (Wildman–Crippen MR) is 89.3 cm³/mol. The third-order valence-corrected chi connectivity index (χ3v) is 9.08. The summed E-state index contributed by atoms with van der Waals surface area (Å²) >= 11 is 4.73. The minimum Gasteiger partial charge on any atom is -0.314 e. The molecule has 1 unspecified atom stereocenters. The molecule has 2 fully saturated rings. The van der Waals surface area contributed by atoms with E-state index in [0.29, 0.717) is 29.3 Å². The van der Waals surface area contributed by atoms with Gasteiger partial charge in [0.05, 0.1) is 3.79 Å². The molecule has 1 N–H and O–H groups in total. The quantitative estimate of drug-likeness (QED) is 0.859. The van der Waals surface area contributed by atoms with Crippen molar-refractivity contribution in [2.24, 2.45) is 5.92 Å². The molecule has 0 radical (unpaired) electrons. The van der Waals surface area contributed by atoms with Crippen molar-refractivity contribution in [1.29, 1.82) is 0 Å². The van der Waals surface area contributed by atoms with Crippen molar-refractivity contribution in [2.75, 3.05) is 19.6 Å². The second kappa shape index (κ2) is 6.28. The highest BCUT2D eigenvalue weighted by Gasteiger charge is 2.34. The van der Waals surface area contributed by atoms with Crippen molar-refractivity contribution in [3.8, 4) is 0 Å². The molecule has 7 heteroatoms. The summed E-state index contributed by atoms with van der Waals surface area (Å²) in [6.07, 6.45) is 4.45. The molecule has 0 saturated carbocycles. The number of piperidine rings is 1. The van der Waals surface area contributed by atoms with Gasteiger partial charge in [-0.15, -0.1) is 11.3 Å². The van der Waals surface area contributed by atoms with E-state index < -0.39 is 10.0 Å². The van der Waals surface area contributed by atoms with E-state index in [2.05, 4.69) is 21.2 Å². The van der Waals surface area contributed by atoms with E-state index in [1.165, 1.54) is 24.2 Å². The van der Waals surface area contributed by atoms with Gasteiger partial charge in [0, 0.05) is 19.1 Å². The molecule has 21 heavy (non-hydrogen) atoms. The lowest BCUT2D eigenvalue weighted by atomic mass is 9.89. The number of aryl methyl sites for hydroxylation is 1. The van der Waals surface area contributed by atoms with Crippen molar-refractivity contribution in [3.63, 3.8) is 0 Å². The molecule has 2 saturated heterocycles. The van der Waals surface area contributed by atoms with Crippen LogP contribution in [0.4, 0.5) is 0 Å². The van der Waals surface area contributed by atoms with Gasteiger partial charge in [-0.1, -0.05) is 0 Å². The first-order valence-corrected chi connectivity index (χ1v) is 10.5. The number of rotatable bonds is 3. The van der Waals surface area contributed by atoms with E-state index in [0.717, 1.165) is 28.7 Å². The van der Waals surface area contributed by atoms with Gasteiger partial charge in [-0.3, -0.25) is 0 Å². The molecule has 118 valence electrons. The highest BCUT2D eigenvalue weighted by Crippen LogP contribution is 2.34. The van der Waals surface area contributed by atoms with E-state index in [1.807, 2.05) is 6.92 Å². The molecular formula is C14H21BrN2O2S2. The number of hydrogen-bond acceptors (Lipinski definition) is 4. The van der Waals surface area contributed by atoms with Crippen molar-refractivity contribution in [2.45, 2.75) is 42.9 Å². The molecule has 2 aliphatic rings. The van der Waals surface area contributed by atoms with Crippen LogP contribution >= 0.6 is 27.3 Å². The third-order valence-electron chi connectivity index (χ3n) is 4.59. The topological polar surface area (TPSA) is 49.4 Å². The van der Waals surface area contributed by atoms with Gasteiger partial charge in [0.1, 0.15) is 4.21 Å². The van der Waals surface area contributed by atoms with Crippen LogP contribution < -0.4 is 5.32 Å². The number of nitrogens with one attached hydrogen (secondary N) is 1. The second-order valence-corrected chi connectivity index (χ2v) is 10.5. The van der Waals surface area contributed by atoms with Crippen LogP contribution in [0.25, 0.3) is 0 Å². The fourth-order valence-electron chi connectivity index (χ4n) is 3.32. The van der Waals surface area contributed by atoms with Crippen molar-refractivity contribution in [1.82, 2.24) is 9.62 Å². The molecule has 1 atom stereocenters. The molecule has 0 spiro atoms. The van der Waals surface area contributed by atoms with Gasteiger partial charge in [-0.2, -0.15) is 4.31 Å². The van der Waals surface area contributed by atoms with E-state index in [-0.39, 0.29) is 0 Å². The fourth-order valence-corrected chi connectivity index (χ4v) is 7.17. The minimum atomic E-state index is -3.31. The Morgan fingerprint density at radius 3 is 2.57 bits per heavy atom. The van der Waals surface area contributed by atoms with Gasteiger partial charge in [0.15, 0.2) is 0 Å². The SMILES string of the molecule is Cc1cc(S(=O)(=O)N2CCC(C3CCCN3)CC2)sc1Br. The van der Waals surface area contributed by atoms with E-state index >= 15 is 0 Å². The average molecular weight is 393 g/mol. The van der Waals surface area contributed by atoms with Gasteiger partial charge < -0.3 is 5.32 Å². The number of hydrogen-bond donors (Lipinski definition) is 1. The normalized spacial score (nSPS) is 25.5. The molecule has 1 aromatic rings. The standard InChI is InChI=1S/C14H21BrN2O2S2/c1-10-9-13(20-14(10)15)21(18,19)17-7-4-11(5-8-17)12-3-2-6-16-12/h9,11-12,16H,2-8H2,1H3. The Morgan fingerprint density at radius 2 is 2.05 bits per heavy atom. The van der Waals surface area contributed by atoms with Crippen LogP contribution in [0.2, 0.25) is 0 Å². The van der Waals surface area contributed by atoms with E-state index in [9.17, 15) is 8.42 Å². The van der Waals surface area contributed by atoms with Gasteiger partial charge in [-0.05, 0) is 72.6 Å². The Hall–Kier alpha value is 0.0500. The molecule has 1 aromatic heterocycles. The highest BCUT2D eigenvalue weighted by atomic mass is 79.9. The Bertz CT molecular complexity index is 581. The molecule has 3 rings (SSSR count). The van der Waals surface area contributed by atoms with Crippen LogP contribution in [0.1, 0.15) is 31.2 Å². The summed E-state index contributed by atoms with van der Waals surface area (Å²) in [5, 5.41) is 3.55. The lowest BCUT2D eigenvalue weighted by Crippen LogP contribution is -2.43. The first-order valence-electron chi connectivity index (χ1n) is 7.48. The zero-order valence-electron chi connectivity index (χ0n) is 12.1. The maximum Gasteiger partial charge on any atom is 0.252 e. The minimum absolute atomic E-state index is 0.462. The van der Waals surface area contributed by atoms with Crippen molar-refractivity contribution >= 4 is 37.3 Å². The Labute approximate surface area is 139 Å². The molecule has 0 amide bonds. The number of nitrogens with zero attached hydrogens (tertiary/aromatic N) is 1. The molecule has 0 bridgehead atoms. The van der Waals surface area contributed by atoms with Crippen LogP contribution in [0.3, 0.4) is 0 Å². The number of halogens is 1. The van der Waals surface area contributed by atoms with Crippen LogP contribution in [-0.2, 0) is 10.0 Å². The van der Waals surface area contributed by atoms with E-state index in [4.69, 9.17) is 0 Å². The first kappa shape index (κ1) is 15.9. The van der Waals surface area contributed by atoms with Crippen LogP contribution in [0.5, 0.6) is 0 Å². The summed E-state index contributed by atoms with van der Waals surface area (Å²) in [5.74, 6) is 0.635. The molecule has 0 aliphatic carbocycles. The molecule has 4 nitrogen and oxygen atoms in total. The molecular weight excluding hydrogens is 372 g/mol. The zero-order valence-corrected chi connectivity index (χ0v) is 15.4. The first-order chi connectivity index (χ1) is 9.98. The number of thiophene rings is 1. The third kappa shape index (κ3) is 3.22.